The molecule has 1 atom stereocenters. The molecule has 3 aliphatic carbocycles. The molecule has 0 spiro atoms. The average Bonchev–Trinajstić information content (AvgIpc) is 2.70. The van der Waals surface area contributed by atoms with Crippen molar-refractivity contribution in [2.24, 2.45) is 0 Å². The molecule has 0 radical (unpaired) electrons. The molecule has 5 rings (SSSR count). The Hall–Kier alpha value is -0.706. The van der Waals surface area contributed by atoms with Crippen molar-refractivity contribution in [2.45, 2.75) is 51.4 Å². The molecule has 0 heterocycles. The standard InChI is InChI=1S/C13H14S2.C11H12S2.Ni/c14-11-7-9-5-1-3-8-4-2-6-10(12(8)9)13(11)15;1-7-3-2-4-9-8(7)5-6-10(12)11(9)13;/h2,4,6,9,14-15H,1,3,5,7H2;2-4,12-13H,5-6H2,1H3;/p-4. The van der Waals surface area contributed by atoms with Gasteiger partial charge in [-0.15, -0.1) is 0 Å². The van der Waals surface area contributed by atoms with E-state index in [1.807, 2.05) is 0 Å². The number of fused-ring (bicyclic) bond motifs is 1. The second-order valence-electron chi connectivity index (χ2n) is 7.78. The maximum Gasteiger partial charge on any atom is 0 e. The van der Waals surface area contributed by atoms with Crippen LogP contribution in [0, 0.1) is 6.92 Å². The zero-order chi connectivity index (χ0) is 19.8. The van der Waals surface area contributed by atoms with Crippen molar-refractivity contribution in [1.82, 2.24) is 0 Å². The van der Waals surface area contributed by atoms with Gasteiger partial charge in [0.05, 0.1) is 0 Å². The smallest absolute Gasteiger partial charge is 0 e. The SMILES string of the molecule is Cc1cccc2c1CCC([S-])=C2[S-].[Ni].[S-]C1=C([S-])c2cccc3c2C(CCC3)C1. The molecule has 156 valence electrons. The fourth-order valence-electron chi connectivity index (χ4n) is 4.61. The van der Waals surface area contributed by atoms with E-state index in [0.29, 0.717) is 5.92 Å². The van der Waals surface area contributed by atoms with Gasteiger partial charge in [-0.2, -0.15) is 9.81 Å². The molecule has 5 heteroatoms. The van der Waals surface area contributed by atoms with Crippen LogP contribution in [-0.4, -0.2) is 0 Å². The Labute approximate surface area is 206 Å². The van der Waals surface area contributed by atoms with E-state index in [1.54, 1.807) is 0 Å². The van der Waals surface area contributed by atoms with E-state index in [-0.39, 0.29) is 16.5 Å². The molecule has 29 heavy (non-hydrogen) atoms. The number of hydrogen-bond acceptors (Lipinski definition) is 4. The summed E-state index contributed by atoms with van der Waals surface area (Å²) in [6, 6.07) is 12.8. The number of allylic oxidation sites excluding steroid dienone is 2. The van der Waals surface area contributed by atoms with Gasteiger partial charge in [0.1, 0.15) is 0 Å². The predicted molar refractivity (Wildman–Crippen MR) is 130 cm³/mol. The molecule has 0 saturated carbocycles. The third kappa shape index (κ3) is 4.50. The molecule has 0 nitrogen and oxygen atoms in total. The summed E-state index contributed by atoms with van der Waals surface area (Å²) in [5.41, 5.74) is 8.19. The van der Waals surface area contributed by atoms with Gasteiger partial charge in [-0.1, -0.05) is 36.4 Å². The van der Waals surface area contributed by atoms with E-state index in [2.05, 4.69) is 43.3 Å². The summed E-state index contributed by atoms with van der Waals surface area (Å²) in [6.07, 6.45) is 6.82. The molecule has 2 aromatic rings. The van der Waals surface area contributed by atoms with E-state index in [9.17, 15) is 0 Å². The number of benzene rings is 2. The first kappa shape index (κ1) is 23.0. The topological polar surface area (TPSA) is 0 Å². The van der Waals surface area contributed by atoms with Crippen molar-refractivity contribution in [3.05, 3.63) is 79.6 Å². The van der Waals surface area contributed by atoms with Gasteiger partial charge in [0.15, 0.2) is 0 Å². The van der Waals surface area contributed by atoms with Gasteiger partial charge in [0.25, 0.3) is 0 Å². The second kappa shape index (κ2) is 9.62. The maximum atomic E-state index is 5.43. The number of hydrogen-bond donors (Lipinski definition) is 0. The van der Waals surface area contributed by atoms with E-state index in [0.717, 1.165) is 38.9 Å². The maximum absolute atomic E-state index is 5.43. The molecule has 0 aliphatic heterocycles. The first-order valence-electron chi connectivity index (χ1n) is 9.82. The minimum atomic E-state index is 0. The molecule has 2 aromatic carbocycles. The fraction of sp³-hybridized carbons (Fsp3) is 0.333. The summed E-state index contributed by atoms with van der Waals surface area (Å²) in [7, 11) is 0. The van der Waals surface area contributed by atoms with Crippen LogP contribution in [-0.2, 0) is 79.8 Å². The van der Waals surface area contributed by atoms with Crippen LogP contribution in [0.2, 0.25) is 0 Å². The molecule has 0 fully saturated rings. The predicted octanol–water partition coefficient (Wildman–Crippen LogP) is 5.97. The van der Waals surface area contributed by atoms with Crippen molar-refractivity contribution >= 4 is 60.3 Å². The van der Waals surface area contributed by atoms with Gasteiger partial charge in [0.2, 0.25) is 0 Å². The number of aryl methyl sites for hydroxylation is 2. The zero-order valence-electron chi connectivity index (χ0n) is 16.2. The van der Waals surface area contributed by atoms with E-state index >= 15 is 0 Å². The summed E-state index contributed by atoms with van der Waals surface area (Å²) in [6.45, 7) is 2.13. The Balaban J connectivity index is 0.000000162. The van der Waals surface area contributed by atoms with Crippen LogP contribution in [0.3, 0.4) is 0 Å². The van der Waals surface area contributed by atoms with Crippen LogP contribution in [0.25, 0.3) is 9.81 Å². The summed E-state index contributed by atoms with van der Waals surface area (Å²) >= 11 is 21.3. The molecule has 0 N–H and O–H groups in total. The quantitative estimate of drug-likeness (QED) is 0.325. The van der Waals surface area contributed by atoms with Crippen LogP contribution >= 0.6 is 0 Å². The zero-order valence-corrected chi connectivity index (χ0v) is 20.5. The molecule has 3 aliphatic rings. The van der Waals surface area contributed by atoms with Crippen LogP contribution in [0.1, 0.15) is 65.0 Å². The van der Waals surface area contributed by atoms with Crippen LogP contribution < -0.4 is 0 Å². The largest absolute Gasteiger partial charge is 0.785 e. The summed E-state index contributed by atoms with van der Waals surface area (Å²) in [4.78, 5) is 3.77. The van der Waals surface area contributed by atoms with Gasteiger partial charge >= 0.3 is 0 Å². The molecular weight excluding hydrogens is 475 g/mol. The minimum absolute atomic E-state index is 0. The monoisotopic (exact) mass is 496 g/mol. The Kier molecular flexibility index (Phi) is 7.62. The van der Waals surface area contributed by atoms with Crippen molar-refractivity contribution in [3.8, 4) is 0 Å². The molecule has 0 bridgehead atoms. The second-order valence-corrected chi connectivity index (χ2v) is 9.58. The minimum Gasteiger partial charge on any atom is -0.785 e. The molecule has 0 aromatic heterocycles. The molecule has 0 saturated heterocycles. The van der Waals surface area contributed by atoms with E-state index < -0.39 is 0 Å². The Morgan fingerprint density at radius 2 is 1.48 bits per heavy atom. The third-order valence-electron chi connectivity index (χ3n) is 6.04. The number of rotatable bonds is 0. The van der Waals surface area contributed by atoms with Gasteiger partial charge in [-0.05, 0) is 84.7 Å². The van der Waals surface area contributed by atoms with Crippen molar-refractivity contribution in [1.29, 1.82) is 0 Å². The van der Waals surface area contributed by atoms with Gasteiger partial charge in [-0.25, -0.2) is 9.81 Å². The van der Waals surface area contributed by atoms with Crippen molar-refractivity contribution in [3.63, 3.8) is 0 Å². The normalized spacial score (nSPS) is 19.4. The van der Waals surface area contributed by atoms with E-state index in [4.69, 9.17) is 50.5 Å². The van der Waals surface area contributed by atoms with Gasteiger partial charge in [0, 0.05) is 16.5 Å². The summed E-state index contributed by atoms with van der Waals surface area (Å²) in [5.74, 6) is 0.657. The van der Waals surface area contributed by atoms with Crippen molar-refractivity contribution in [2.75, 3.05) is 0 Å². The summed E-state index contributed by atoms with van der Waals surface area (Å²) in [5, 5.41) is 0. The average molecular weight is 497 g/mol. The first-order chi connectivity index (χ1) is 13.5. The van der Waals surface area contributed by atoms with Crippen LogP contribution in [0.15, 0.2) is 46.2 Å². The van der Waals surface area contributed by atoms with Crippen LogP contribution in [0.4, 0.5) is 0 Å². The summed E-state index contributed by atoms with van der Waals surface area (Å²) < 4.78 is 0. The van der Waals surface area contributed by atoms with E-state index in [1.165, 1.54) is 52.6 Å². The van der Waals surface area contributed by atoms with Crippen molar-refractivity contribution < 1.29 is 16.5 Å². The van der Waals surface area contributed by atoms with Crippen LogP contribution in [0.5, 0.6) is 0 Å². The molecule has 0 amide bonds. The Bertz CT molecular complexity index is 990. The van der Waals surface area contributed by atoms with Gasteiger partial charge < -0.3 is 50.5 Å². The molecule has 1 unspecified atom stereocenters. The fourth-order valence-corrected chi connectivity index (χ4v) is 5.69. The molecular formula is C24H22NiS4-4. The Morgan fingerprint density at radius 1 is 0.793 bits per heavy atom. The first-order valence-corrected chi connectivity index (χ1v) is 11.5. The van der Waals surface area contributed by atoms with Gasteiger partial charge in [-0.3, -0.25) is 0 Å². The third-order valence-corrected chi connectivity index (χ3v) is 8.01. The Morgan fingerprint density at radius 3 is 2.28 bits per heavy atom.